The molecule has 1 aromatic carbocycles. The van der Waals surface area contributed by atoms with E-state index in [1.807, 2.05) is 31.2 Å². The van der Waals surface area contributed by atoms with Crippen LogP contribution in [0.5, 0.6) is 0 Å². The van der Waals surface area contributed by atoms with Crippen molar-refractivity contribution in [2.45, 2.75) is 6.92 Å². The van der Waals surface area contributed by atoms with Crippen molar-refractivity contribution < 1.29 is 0 Å². The highest BCUT2D eigenvalue weighted by molar-refractivity contribution is 5.77. The zero-order valence-electron chi connectivity index (χ0n) is 7.46. The topological polar surface area (TPSA) is 40.7 Å². The van der Waals surface area contributed by atoms with Gasteiger partial charge in [0.15, 0.2) is 0 Å². The molecule has 0 amide bonds. The number of hydrogen-bond acceptors (Lipinski definition) is 2. The predicted molar refractivity (Wildman–Crippen MR) is 54.5 cm³/mol. The molecule has 0 spiro atoms. The summed E-state index contributed by atoms with van der Waals surface area (Å²) in [7, 11) is 0. The van der Waals surface area contributed by atoms with Gasteiger partial charge in [-0.3, -0.25) is 0 Å². The lowest BCUT2D eigenvalue weighted by Crippen LogP contribution is -1.94. The van der Waals surface area contributed by atoms with Crippen molar-refractivity contribution in [3.05, 3.63) is 36.5 Å². The SMILES string of the molecule is C=C(C)Nc1nc2ccccc2[nH]1. The average Bonchev–Trinajstić information content (AvgIpc) is 2.44. The van der Waals surface area contributed by atoms with Gasteiger partial charge in [-0.25, -0.2) is 4.98 Å². The van der Waals surface area contributed by atoms with Crippen LogP contribution < -0.4 is 5.32 Å². The van der Waals surface area contributed by atoms with Crippen LogP contribution in [0.3, 0.4) is 0 Å². The van der Waals surface area contributed by atoms with Gasteiger partial charge < -0.3 is 10.3 Å². The van der Waals surface area contributed by atoms with Crippen LogP contribution in [-0.2, 0) is 0 Å². The summed E-state index contributed by atoms with van der Waals surface area (Å²) < 4.78 is 0. The Morgan fingerprint density at radius 2 is 2.23 bits per heavy atom. The van der Waals surface area contributed by atoms with E-state index in [1.165, 1.54) is 0 Å². The minimum absolute atomic E-state index is 0.744. The predicted octanol–water partition coefficient (Wildman–Crippen LogP) is 2.51. The molecule has 0 radical (unpaired) electrons. The smallest absolute Gasteiger partial charge is 0.205 e. The third kappa shape index (κ3) is 1.54. The third-order valence-electron chi connectivity index (χ3n) is 1.72. The molecule has 0 aliphatic carbocycles. The molecule has 66 valence electrons. The molecular weight excluding hydrogens is 162 g/mol. The summed E-state index contributed by atoms with van der Waals surface area (Å²) >= 11 is 0. The lowest BCUT2D eigenvalue weighted by atomic mass is 10.3. The van der Waals surface area contributed by atoms with Gasteiger partial charge in [0.25, 0.3) is 0 Å². The standard InChI is InChI=1S/C10H11N3/c1-7(2)11-10-12-8-5-3-4-6-9(8)13-10/h3-6H,1H2,2H3,(H2,11,12,13). The molecule has 1 aromatic heterocycles. The number of allylic oxidation sites excluding steroid dienone is 1. The van der Waals surface area contributed by atoms with E-state index in [0.717, 1.165) is 22.7 Å². The number of aromatic nitrogens is 2. The first kappa shape index (κ1) is 7.86. The van der Waals surface area contributed by atoms with Crippen LogP contribution in [0.4, 0.5) is 5.95 Å². The largest absolute Gasteiger partial charge is 0.330 e. The molecule has 2 aromatic rings. The molecule has 0 saturated heterocycles. The fraction of sp³-hybridized carbons (Fsp3) is 0.100. The molecular formula is C10H11N3. The van der Waals surface area contributed by atoms with Gasteiger partial charge in [-0.1, -0.05) is 18.7 Å². The molecule has 0 bridgehead atoms. The summed E-state index contributed by atoms with van der Waals surface area (Å²) in [6.07, 6.45) is 0. The molecule has 13 heavy (non-hydrogen) atoms. The van der Waals surface area contributed by atoms with E-state index in [0.29, 0.717) is 0 Å². The highest BCUT2D eigenvalue weighted by Crippen LogP contribution is 2.13. The maximum atomic E-state index is 4.33. The van der Waals surface area contributed by atoms with Crippen LogP contribution in [0.25, 0.3) is 11.0 Å². The minimum atomic E-state index is 0.744. The van der Waals surface area contributed by atoms with Gasteiger partial charge in [0.1, 0.15) is 0 Å². The summed E-state index contributed by atoms with van der Waals surface area (Å²) in [4.78, 5) is 7.47. The Morgan fingerprint density at radius 1 is 1.46 bits per heavy atom. The first-order chi connectivity index (χ1) is 6.25. The van der Waals surface area contributed by atoms with E-state index >= 15 is 0 Å². The number of rotatable bonds is 2. The number of nitrogens with one attached hydrogen (secondary N) is 2. The summed E-state index contributed by atoms with van der Waals surface area (Å²) in [5.41, 5.74) is 2.87. The first-order valence-corrected chi connectivity index (χ1v) is 4.13. The summed E-state index contributed by atoms with van der Waals surface area (Å²) in [6.45, 7) is 5.65. The molecule has 0 unspecified atom stereocenters. The Bertz CT molecular complexity index is 409. The molecule has 0 aliphatic heterocycles. The van der Waals surface area contributed by atoms with Crippen LogP contribution in [0.2, 0.25) is 0 Å². The molecule has 3 heteroatoms. The van der Waals surface area contributed by atoms with E-state index in [-0.39, 0.29) is 0 Å². The minimum Gasteiger partial charge on any atom is -0.330 e. The summed E-state index contributed by atoms with van der Waals surface area (Å²) in [6, 6.07) is 7.90. The third-order valence-corrected chi connectivity index (χ3v) is 1.72. The number of fused-ring (bicyclic) bond motifs is 1. The summed E-state index contributed by atoms with van der Waals surface area (Å²) in [5.74, 6) is 0.744. The molecule has 0 saturated carbocycles. The van der Waals surface area contributed by atoms with Crippen LogP contribution in [-0.4, -0.2) is 9.97 Å². The van der Waals surface area contributed by atoms with Gasteiger partial charge in [-0.2, -0.15) is 0 Å². The number of anilines is 1. The van der Waals surface area contributed by atoms with Crippen molar-refractivity contribution in [1.29, 1.82) is 0 Å². The Hall–Kier alpha value is -1.77. The van der Waals surface area contributed by atoms with Gasteiger partial charge in [0.05, 0.1) is 11.0 Å². The number of para-hydroxylation sites is 2. The van der Waals surface area contributed by atoms with E-state index < -0.39 is 0 Å². The second kappa shape index (κ2) is 2.94. The van der Waals surface area contributed by atoms with Crippen LogP contribution >= 0.6 is 0 Å². The Labute approximate surface area is 76.5 Å². The first-order valence-electron chi connectivity index (χ1n) is 4.13. The van der Waals surface area contributed by atoms with Crippen LogP contribution in [0, 0.1) is 0 Å². The Balaban J connectivity index is 2.44. The molecule has 3 nitrogen and oxygen atoms in total. The van der Waals surface area contributed by atoms with Crippen molar-refractivity contribution in [1.82, 2.24) is 9.97 Å². The second-order valence-electron chi connectivity index (χ2n) is 3.01. The number of H-pyrrole nitrogens is 1. The van der Waals surface area contributed by atoms with Crippen molar-refractivity contribution in [3.8, 4) is 0 Å². The average molecular weight is 173 g/mol. The van der Waals surface area contributed by atoms with Crippen molar-refractivity contribution in [2.24, 2.45) is 0 Å². The summed E-state index contributed by atoms with van der Waals surface area (Å²) in [5, 5.41) is 3.03. The fourth-order valence-corrected chi connectivity index (χ4v) is 1.21. The Kier molecular flexibility index (Phi) is 1.77. The molecule has 2 rings (SSSR count). The van der Waals surface area contributed by atoms with E-state index in [1.54, 1.807) is 0 Å². The van der Waals surface area contributed by atoms with E-state index in [4.69, 9.17) is 0 Å². The lowest BCUT2D eigenvalue weighted by Gasteiger charge is -1.97. The number of nitrogens with zero attached hydrogens (tertiary/aromatic N) is 1. The van der Waals surface area contributed by atoms with Gasteiger partial charge >= 0.3 is 0 Å². The van der Waals surface area contributed by atoms with Crippen LogP contribution in [0.15, 0.2) is 36.5 Å². The zero-order chi connectivity index (χ0) is 9.26. The molecule has 0 atom stereocenters. The van der Waals surface area contributed by atoms with E-state index in [9.17, 15) is 0 Å². The van der Waals surface area contributed by atoms with Crippen molar-refractivity contribution >= 4 is 17.0 Å². The molecule has 0 aliphatic rings. The van der Waals surface area contributed by atoms with Gasteiger partial charge in [0, 0.05) is 5.70 Å². The number of hydrogen-bond donors (Lipinski definition) is 2. The zero-order valence-corrected chi connectivity index (χ0v) is 7.46. The van der Waals surface area contributed by atoms with Crippen molar-refractivity contribution in [3.63, 3.8) is 0 Å². The van der Waals surface area contributed by atoms with Gasteiger partial charge in [-0.15, -0.1) is 0 Å². The molecule has 2 N–H and O–H groups in total. The number of aromatic amines is 1. The number of imidazole rings is 1. The maximum absolute atomic E-state index is 4.33. The quantitative estimate of drug-likeness (QED) is 0.732. The highest BCUT2D eigenvalue weighted by Gasteiger charge is 1.99. The Morgan fingerprint density at radius 3 is 2.92 bits per heavy atom. The maximum Gasteiger partial charge on any atom is 0.205 e. The van der Waals surface area contributed by atoms with Gasteiger partial charge in [0.2, 0.25) is 5.95 Å². The number of benzene rings is 1. The van der Waals surface area contributed by atoms with Crippen molar-refractivity contribution in [2.75, 3.05) is 5.32 Å². The lowest BCUT2D eigenvalue weighted by molar-refractivity contribution is 1.25. The normalized spacial score (nSPS) is 10.2. The highest BCUT2D eigenvalue weighted by atomic mass is 15.1. The van der Waals surface area contributed by atoms with E-state index in [2.05, 4.69) is 21.9 Å². The monoisotopic (exact) mass is 173 g/mol. The molecule has 1 heterocycles. The fourth-order valence-electron chi connectivity index (χ4n) is 1.21. The van der Waals surface area contributed by atoms with Crippen LogP contribution in [0.1, 0.15) is 6.92 Å². The molecule has 0 fully saturated rings. The van der Waals surface area contributed by atoms with Gasteiger partial charge in [-0.05, 0) is 19.1 Å². The second-order valence-corrected chi connectivity index (χ2v) is 3.01.